The van der Waals surface area contributed by atoms with Crippen LogP contribution >= 0.6 is 0 Å². The van der Waals surface area contributed by atoms with Gasteiger partial charge in [0.1, 0.15) is 10.1 Å². The summed E-state index contributed by atoms with van der Waals surface area (Å²) in [6.45, 7) is 12.5. The second-order valence-electron chi connectivity index (χ2n) is 9.10. The minimum atomic E-state index is -4.27. The summed E-state index contributed by atoms with van der Waals surface area (Å²) in [5.74, 6) is 0. The van der Waals surface area contributed by atoms with Gasteiger partial charge in [0.25, 0.3) is 0 Å². The number of hydrogen-bond acceptors (Lipinski definition) is 4. The number of quaternary nitrogens is 1. The first-order chi connectivity index (χ1) is 15.2. The molecule has 188 valence electrons. The lowest BCUT2D eigenvalue weighted by molar-refractivity contribution is -0.945. The summed E-state index contributed by atoms with van der Waals surface area (Å²) >= 11 is 0. The Morgan fingerprint density at radius 1 is 0.719 bits per heavy atom. The number of hydrogen-bond donors (Lipinski definition) is 1. The highest BCUT2D eigenvalue weighted by atomic mass is 32.2. The zero-order valence-corrected chi connectivity index (χ0v) is 22.0. The molecule has 0 spiro atoms. The summed E-state index contributed by atoms with van der Waals surface area (Å²) in [4.78, 5) is -0.178. The third-order valence-electron chi connectivity index (χ3n) is 6.07. The summed E-state index contributed by atoms with van der Waals surface area (Å²) < 4.78 is 32.1. The van der Waals surface area contributed by atoms with Crippen molar-refractivity contribution in [1.82, 2.24) is 0 Å². The molecule has 0 heterocycles. The van der Waals surface area contributed by atoms with Crippen molar-refractivity contribution in [2.75, 3.05) is 26.4 Å². The van der Waals surface area contributed by atoms with E-state index >= 15 is 0 Å². The number of aliphatic hydroxyl groups is 1. The molecule has 5 nitrogen and oxygen atoms in total. The van der Waals surface area contributed by atoms with Crippen molar-refractivity contribution in [3.05, 3.63) is 29.8 Å². The van der Waals surface area contributed by atoms with Crippen LogP contribution in [-0.2, 0) is 10.1 Å². The largest absolute Gasteiger partial charge is 0.744 e. The number of aliphatic hydroxyl groups excluding tert-OH is 1. The molecule has 0 radical (unpaired) electrons. The molecule has 0 unspecified atom stereocenters. The summed E-state index contributed by atoms with van der Waals surface area (Å²) in [6, 6.07) is 5.78. The van der Waals surface area contributed by atoms with Gasteiger partial charge in [-0.05, 0) is 57.6 Å². The third-order valence-corrected chi connectivity index (χ3v) is 6.92. The highest BCUT2D eigenvalue weighted by molar-refractivity contribution is 7.85. The maximum absolute atomic E-state index is 10.4. The van der Waals surface area contributed by atoms with Crippen LogP contribution in [-0.4, -0.2) is 48.9 Å². The summed E-state index contributed by atoms with van der Waals surface area (Å²) in [5, 5.41) is 10.0. The molecule has 0 saturated heterocycles. The van der Waals surface area contributed by atoms with Crippen LogP contribution in [0.25, 0.3) is 0 Å². The van der Waals surface area contributed by atoms with Crippen LogP contribution < -0.4 is 0 Å². The lowest BCUT2D eigenvalue weighted by Crippen LogP contribution is -2.50. The van der Waals surface area contributed by atoms with E-state index in [-0.39, 0.29) is 4.90 Å². The quantitative estimate of drug-likeness (QED) is 0.123. The van der Waals surface area contributed by atoms with E-state index in [4.69, 9.17) is 0 Å². The van der Waals surface area contributed by atoms with E-state index in [1.807, 2.05) is 6.92 Å². The van der Waals surface area contributed by atoms with Crippen LogP contribution in [0.3, 0.4) is 0 Å². The maximum Gasteiger partial charge on any atom is 0.180 e. The molecule has 0 amide bonds. The second kappa shape index (κ2) is 18.5. The van der Waals surface area contributed by atoms with E-state index in [0.29, 0.717) is 6.73 Å². The summed E-state index contributed by atoms with van der Waals surface area (Å²) in [6.07, 6.45) is 15.8. The van der Waals surface area contributed by atoms with E-state index in [1.54, 1.807) is 12.1 Å². The van der Waals surface area contributed by atoms with Gasteiger partial charge >= 0.3 is 0 Å². The molecular formula is C26H49NO4S. The fourth-order valence-corrected chi connectivity index (χ4v) is 4.34. The van der Waals surface area contributed by atoms with Gasteiger partial charge in [0.05, 0.1) is 24.5 Å². The summed E-state index contributed by atoms with van der Waals surface area (Å²) in [5.41, 5.74) is 0.928. The van der Waals surface area contributed by atoms with Crippen molar-refractivity contribution in [1.29, 1.82) is 0 Å². The average molecular weight is 472 g/mol. The first kappa shape index (κ1) is 31.0. The van der Waals surface area contributed by atoms with Crippen LogP contribution in [0.15, 0.2) is 29.2 Å². The number of aryl methyl sites for hydroxylation is 1. The van der Waals surface area contributed by atoms with Gasteiger partial charge in [-0.1, -0.05) is 77.0 Å². The highest BCUT2D eigenvalue weighted by Gasteiger charge is 2.24. The van der Waals surface area contributed by atoms with Crippen molar-refractivity contribution < 1.29 is 22.6 Å². The van der Waals surface area contributed by atoms with Gasteiger partial charge in [0.2, 0.25) is 0 Å². The summed E-state index contributed by atoms with van der Waals surface area (Å²) in [7, 11) is -4.27. The Balaban J connectivity index is 0.000000726. The third kappa shape index (κ3) is 15.0. The maximum atomic E-state index is 10.4. The zero-order valence-electron chi connectivity index (χ0n) is 21.2. The normalized spacial score (nSPS) is 11.8. The van der Waals surface area contributed by atoms with Crippen molar-refractivity contribution >= 4 is 10.1 Å². The van der Waals surface area contributed by atoms with E-state index in [1.165, 1.54) is 109 Å². The first-order valence-electron chi connectivity index (χ1n) is 12.7. The Labute approximate surface area is 198 Å². The molecule has 1 aromatic carbocycles. The SMILES string of the molecule is CCCCCC[N+](CO)(CCCCCC)CCCCCC.Cc1ccc(S(=O)(=O)[O-])cc1. The van der Waals surface area contributed by atoms with Crippen molar-refractivity contribution in [3.63, 3.8) is 0 Å². The molecule has 0 saturated carbocycles. The molecule has 0 aliphatic carbocycles. The molecular weight excluding hydrogens is 422 g/mol. The fourth-order valence-electron chi connectivity index (χ4n) is 3.87. The van der Waals surface area contributed by atoms with Gasteiger partial charge in [-0.3, -0.25) is 0 Å². The Bertz CT molecular complexity index is 628. The van der Waals surface area contributed by atoms with Crippen LogP contribution in [0.2, 0.25) is 0 Å². The van der Waals surface area contributed by atoms with Gasteiger partial charge < -0.3 is 14.1 Å². The zero-order chi connectivity index (χ0) is 24.3. The Morgan fingerprint density at radius 3 is 1.38 bits per heavy atom. The standard InChI is InChI=1S/C19H42NO.C7H8O3S/c1-4-7-10-13-16-20(19-21,17-14-11-8-5-2)18-15-12-9-6-3;1-6-2-4-7(5-3-6)11(8,9)10/h21H,4-19H2,1-3H3;2-5H,1H3,(H,8,9,10)/q+1;/p-1. The number of benzene rings is 1. The molecule has 0 fully saturated rings. The van der Waals surface area contributed by atoms with Gasteiger partial charge in [0.15, 0.2) is 6.73 Å². The van der Waals surface area contributed by atoms with E-state index in [9.17, 15) is 18.1 Å². The molecule has 1 aromatic rings. The second-order valence-corrected chi connectivity index (χ2v) is 10.5. The van der Waals surface area contributed by atoms with Crippen molar-refractivity contribution in [3.8, 4) is 0 Å². The predicted octanol–water partition coefficient (Wildman–Crippen LogP) is 6.39. The fraction of sp³-hybridized carbons (Fsp3) is 0.769. The molecule has 32 heavy (non-hydrogen) atoms. The minimum absolute atomic E-state index is 0.178. The Kier molecular flexibility index (Phi) is 17.9. The smallest absolute Gasteiger partial charge is 0.180 e. The molecule has 0 aromatic heterocycles. The van der Waals surface area contributed by atoms with Gasteiger partial charge in [-0.25, -0.2) is 8.42 Å². The van der Waals surface area contributed by atoms with Gasteiger partial charge in [-0.15, -0.1) is 0 Å². The van der Waals surface area contributed by atoms with Crippen molar-refractivity contribution in [2.45, 2.75) is 110 Å². The van der Waals surface area contributed by atoms with Crippen LogP contribution in [0.4, 0.5) is 0 Å². The number of rotatable bonds is 17. The number of unbranched alkanes of at least 4 members (excludes halogenated alkanes) is 9. The molecule has 0 bridgehead atoms. The molecule has 0 atom stereocenters. The van der Waals surface area contributed by atoms with Crippen LogP contribution in [0, 0.1) is 6.92 Å². The predicted molar refractivity (Wildman–Crippen MR) is 134 cm³/mol. The lowest BCUT2D eigenvalue weighted by atomic mass is 10.1. The topological polar surface area (TPSA) is 77.4 Å². The van der Waals surface area contributed by atoms with Crippen LogP contribution in [0.1, 0.15) is 103 Å². The van der Waals surface area contributed by atoms with Crippen molar-refractivity contribution in [2.24, 2.45) is 0 Å². The first-order valence-corrected chi connectivity index (χ1v) is 14.1. The molecule has 0 aliphatic heterocycles. The van der Waals surface area contributed by atoms with Gasteiger partial charge in [0, 0.05) is 0 Å². The molecule has 6 heteroatoms. The highest BCUT2D eigenvalue weighted by Crippen LogP contribution is 2.16. The minimum Gasteiger partial charge on any atom is -0.744 e. The Morgan fingerprint density at radius 2 is 1.09 bits per heavy atom. The van der Waals surface area contributed by atoms with Gasteiger partial charge in [-0.2, -0.15) is 0 Å². The van der Waals surface area contributed by atoms with E-state index in [2.05, 4.69) is 20.8 Å². The van der Waals surface area contributed by atoms with Crippen LogP contribution in [0.5, 0.6) is 0 Å². The molecule has 1 N–H and O–H groups in total. The monoisotopic (exact) mass is 471 g/mol. The Hall–Kier alpha value is -0.950. The van der Waals surface area contributed by atoms with E-state index in [0.717, 1.165) is 10.0 Å². The number of nitrogens with zero attached hydrogens (tertiary/aromatic N) is 1. The lowest BCUT2D eigenvalue weighted by Gasteiger charge is -2.37. The van der Waals surface area contributed by atoms with E-state index < -0.39 is 10.1 Å². The molecule has 1 rings (SSSR count). The molecule has 0 aliphatic rings. The average Bonchev–Trinajstić information content (AvgIpc) is 2.77.